The van der Waals surface area contributed by atoms with Crippen molar-refractivity contribution in [3.05, 3.63) is 71.3 Å². The van der Waals surface area contributed by atoms with Crippen LogP contribution in [0.15, 0.2) is 54.6 Å². The van der Waals surface area contributed by atoms with Gasteiger partial charge in [0.1, 0.15) is 5.75 Å². The number of carbonyl (C=O) groups excluding carboxylic acids is 1. The number of aryl methyl sites for hydroxylation is 1. The van der Waals surface area contributed by atoms with Crippen molar-refractivity contribution in [1.29, 1.82) is 0 Å². The van der Waals surface area contributed by atoms with Crippen molar-refractivity contribution in [2.75, 3.05) is 32.8 Å². The first-order chi connectivity index (χ1) is 13.2. The van der Waals surface area contributed by atoms with Gasteiger partial charge in [0, 0.05) is 44.4 Å². The van der Waals surface area contributed by atoms with E-state index in [-0.39, 0.29) is 5.91 Å². The lowest BCUT2D eigenvalue weighted by atomic mass is 10.1. The fourth-order valence-electron chi connectivity index (χ4n) is 3.37. The van der Waals surface area contributed by atoms with Crippen LogP contribution in [0.3, 0.4) is 0 Å². The molecule has 0 aromatic heterocycles. The second-order valence-electron chi connectivity index (χ2n) is 6.89. The normalized spacial score (nSPS) is 15.3. The zero-order valence-electron chi connectivity index (χ0n) is 16.2. The average molecular weight is 364 g/mol. The SMILES string of the molecule is CCOc1ccccc1/C=C/C(=O)N1CCN(Cc2cccc(C)c2)CC1. The molecule has 4 nitrogen and oxygen atoms in total. The second kappa shape index (κ2) is 9.38. The molecule has 1 amide bonds. The molecule has 0 N–H and O–H groups in total. The zero-order valence-corrected chi connectivity index (χ0v) is 16.2. The van der Waals surface area contributed by atoms with Gasteiger partial charge in [0.15, 0.2) is 0 Å². The third-order valence-corrected chi connectivity index (χ3v) is 4.80. The lowest BCUT2D eigenvalue weighted by Crippen LogP contribution is -2.47. The Morgan fingerprint density at radius 2 is 1.85 bits per heavy atom. The highest BCUT2D eigenvalue weighted by atomic mass is 16.5. The van der Waals surface area contributed by atoms with E-state index in [0.717, 1.165) is 44.0 Å². The third-order valence-electron chi connectivity index (χ3n) is 4.80. The van der Waals surface area contributed by atoms with Gasteiger partial charge in [-0.15, -0.1) is 0 Å². The predicted octanol–water partition coefficient (Wildman–Crippen LogP) is 3.75. The molecule has 0 unspecified atom stereocenters. The molecule has 27 heavy (non-hydrogen) atoms. The van der Waals surface area contributed by atoms with Gasteiger partial charge < -0.3 is 9.64 Å². The Bertz CT molecular complexity index is 792. The van der Waals surface area contributed by atoms with Gasteiger partial charge in [-0.3, -0.25) is 9.69 Å². The van der Waals surface area contributed by atoms with Crippen LogP contribution in [0.4, 0.5) is 0 Å². The van der Waals surface area contributed by atoms with Crippen LogP contribution in [0.5, 0.6) is 5.75 Å². The highest BCUT2D eigenvalue weighted by molar-refractivity contribution is 5.92. The molecule has 2 aromatic carbocycles. The molecule has 0 aliphatic carbocycles. The number of piperazine rings is 1. The summed E-state index contributed by atoms with van der Waals surface area (Å²) in [5.41, 5.74) is 3.56. The molecule has 1 aliphatic heterocycles. The first-order valence-corrected chi connectivity index (χ1v) is 9.62. The molecule has 1 saturated heterocycles. The summed E-state index contributed by atoms with van der Waals surface area (Å²) in [5, 5.41) is 0. The number of carbonyl (C=O) groups is 1. The maximum atomic E-state index is 12.5. The fourth-order valence-corrected chi connectivity index (χ4v) is 3.37. The van der Waals surface area contributed by atoms with Gasteiger partial charge >= 0.3 is 0 Å². The van der Waals surface area contributed by atoms with Crippen molar-refractivity contribution >= 4 is 12.0 Å². The average Bonchev–Trinajstić information content (AvgIpc) is 2.68. The van der Waals surface area contributed by atoms with Crippen LogP contribution in [-0.2, 0) is 11.3 Å². The predicted molar refractivity (Wildman–Crippen MR) is 110 cm³/mol. The molecule has 3 rings (SSSR count). The van der Waals surface area contributed by atoms with Gasteiger partial charge in [0.2, 0.25) is 5.91 Å². The minimum absolute atomic E-state index is 0.0662. The maximum absolute atomic E-state index is 12.5. The van der Waals surface area contributed by atoms with Gasteiger partial charge in [-0.25, -0.2) is 0 Å². The Balaban J connectivity index is 1.53. The molecule has 0 atom stereocenters. The summed E-state index contributed by atoms with van der Waals surface area (Å²) in [7, 11) is 0. The highest BCUT2D eigenvalue weighted by Crippen LogP contribution is 2.19. The Morgan fingerprint density at radius 3 is 2.59 bits per heavy atom. The van der Waals surface area contributed by atoms with Gasteiger partial charge in [-0.1, -0.05) is 48.0 Å². The van der Waals surface area contributed by atoms with E-state index < -0.39 is 0 Å². The molecule has 1 fully saturated rings. The second-order valence-corrected chi connectivity index (χ2v) is 6.89. The number of hydrogen-bond donors (Lipinski definition) is 0. The maximum Gasteiger partial charge on any atom is 0.246 e. The molecular formula is C23H28N2O2. The van der Waals surface area contributed by atoms with Crippen LogP contribution in [0.25, 0.3) is 6.08 Å². The van der Waals surface area contributed by atoms with E-state index in [1.165, 1.54) is 11.1 Å². The number of para-hydroxylation sites is 1. The molecule has 4 heteroatoms. The van der Waals surface area contributed by atoms with E-state index in [1.54, 1.807) is 6.08 Å². The van der Waals surface area contributed by atoms with E-state index in [2.05, 4.69) is 36.1 Å². The minimum atomic E-state index is 0.0662. The summed E-state index contributed by atoms with van der Waals surface area (Å²) in [6, 6.07) is 16.4. The van der Waals surface area contributed by atoms with Gasteiger partial charge in [0.05, 0.1) is 6.61 Å². The van der Waals surface area contributed by atoms with E-state index in [4.69, 9.17) is 4.74 Å². The van der Waals surface area contributed by atoms with Crippen LogP contribution in [0.1, 0.15) is 23.6 Å². The Kier molecular flexibility index (Phi) is 6.66. The quantitative estimate of drug-likeness (QED) is 0.732. The van der Waals surface area contributed by atoms with Crippen molar-refractivity contribution in [3.8, 4) is 5.75 Å². The molecule has 0 saturated carbocycles. The third kappa shape index (κ3) is 5.44. The monoisotopic (exact) mass is 364 g/mol. The van der Waals surface area contributed by atoms with E-state index >= 15 is 0 Å². The molecule has 1 heterocycles. The Labute approximate surface area is 162 Å². The van der Waals surface area contributed by atoms with Gasteiger partial charge in [0.25, 0.3) is 0 Å². The number of hydrogen-bond acceptors (Lipinski definition) is 3. The number of benzene rings is 2. The minimum Gasteiger partial charge on any atom is -0.493 e. The molecule has 0 bridgehead atoms. The van der Waals surface area contributed by atoms with Crippen LogP contribution in [0, 0.1) is 6.92 Å². The van der Waals surface area contributed by atoms with Crippen LogP contribution in [-0.4, -0.2) is 48.5 Å². The molecule has 1 aliphatic rings. The van der Waals surface area contributed by atoms with Crippen molar-refractivity contribution in [3.63, 3.8) is 0 Å². The molecule has 0 spiro atoms. The standard InChI is InChI=1S/C23H28N2O2/c1-3-27-22-10-5-4-9-21(22)11-12-23(26)25-15-13-24(14-16-25)18-20-8-6-7-19(2)17-20/h4-12,17H,3,13-16,18H2,1-2H3/b12-11+. The summed E-state index contributed by atoms with van der Waals surface area (Å²) in [6.07, 6.45) is 3.51. The van der Waals surface area contributed by atoms with Gasteiger partial charge in [-0.2, -0.15) is 0 Å². The molecule has 142 valence electrons. The summed E-state index contributed by atoms with van der Waals surface area (Å²) in [5.74, 6) is 0.878. The van der Waals surface area contributed by atoms with E-state index in [1.807, 2.05) is 42.2 Å². The van der Waals surface area contributed by atoms with Crippen molar-refractivity contribution in [2.45, 2.75) is 20.4 Å². The van der Waals surface area contributed by atoms with Crippen LogP contribution in [0.2, 0.25) is 0 Å². The topological polar surface area (TPSA) is 32.8 Å². The summed E-state index contributed by atoms with van der Waals surface area (Å²) in [4.78, 5) is 16.9. The smallest absolute Gasteiger partial charge is 0.246 e. The molecule has 0 radical (unpaired) electrons. The first kappa shape index (κ1) is 19.2. The fraction of sp³-hybridized carbons (Fsp3) is 0.348. The lowest BCUT2D eigenvalue weighted by molar-refractivity contribution is -0.127. The number of rotatable bonds is 6. The van der Waals surface area contributed by atoms with Crippen molar-refractivity contribution in [2.24, 2.45) is 0 Å². The van der Waals surface area contributed by atoms with Crippen molar-refractivity contribution in [1.82, 2.24) is 9.80 Å². The Morgan fingerprint density at radius 1 is 1.07 bits per heavy atom. The Hall–Kier alpha value is -2.59. The number of nitrogens with zero attached hydrogens (tertiary/aromatic N) is 2. The molecule has 2 aromatic rings. The number of amides is 1. The van der Waals surface area contributed by atoms with E-state index in [0.29, 0.717) is 6.61 Å². The number of ether oxygens (including phenoxy) is 1. The summed E-state index contributed by atoms with van der Waals surface area (Å²) < 4.78 is 5.61. The van der Waals surface area contributed by atoms with Crippen LogP contribution >= 0.6 is 0 Å². The van der Waals surface area contributed by atoms with E-state index in [9.17, 15) is 4.79 Å². The summed E-state index contributed by atoms with van der Waals surface area (Å²) in [6.45, 7) is 8.98. The lowest BCUT2D eigenvalue weighted by Gasteiger charge is -2.34. The summed E-state index contributed by atoms with van der Waals surface area (Å²) >= 11 is 0. The highest BCUT2D eigenvalue weighted by Gasteiger charge is 2.19. The van der Waals surface area contributed by atoms with Gasteiger partial charge in [-0.05, 0) is 31.6 Å². The van der Waals surface area contributed by atoms with Crippen molar-refractivity contribution < 1.29 is 9.53 Å². The molecular weight excluding hydrogens is 336 g/mol. The largest absolute Gasteiger partial charge is 0.493 e. The van der Waals surface area contributed by atoms with Crippen LogP contribution < -0.4 is 4.74 Å². The zero-order chi connectivity index (χ0) is 19.1. The first-order valence-electron chi connectivity index (χ1n) is 9.62.